The van der Waals surface area contributed by atoms with Crippen molar-refractivity contribution >= 4 is 18.3 Å². The van der Waals surface area contributed by atoms with E-state index in [-0.39, 0.29) is 36.2 Å². The molecule has 0 spiro atoms. The normalized spacial score (nSPS) is 15.4. The standard InChI is InChI=1S/C20H24FN7O.ClH/c1-13(18-11-23-28(14(18)2)17-5-3-15(21)4-6-17)24-20(29)19-12-27(26-25-19)16-7-9-22-10-8-16;/h3-6,11-13,16,22H,7-10H2,1-2H3,(H,24,29);1H. The van der Waals surface area contributed by atoms with Crippen LogP contribution in [0.5, 0.6) is 0 Å². The van der Waals surface area contributed by atoms with Crippen molar-refractivity contribution in [1.29, 1.82) is 0 Å². The zero-order valence-electron chi connectivity index (χ0n) is 16.9. The van der Waals surface area contributed by atoms with Gasteiger partial charge in [0.05, 0.1) is 30.2 Å². The van der Waals surface area contributed by atoms with Gasteiger partial charge < -0.3 is 10.6 Å². The number of benzene rings is 1. The van der Waals surface area contributed by atoms with Gasteiger partial charge >= 0.3 is 0 Å². The van der Waals surface area contributed by atoms with Gasteiger partial charge in [-0.05, 0) is 64.0 Å². The van der Waals surface area contributed by atoms with Crippen molar-refractivity contribution in [2.45, 2.75) is 38.8 Å². The van der Waals surface area contributed by atoms with Gasteiger partial charge in [-0.15, -0.1) is 17.5 Å². The minimum atomic E-state index is -0.294. The average molecular weight is 434 g/mol. The van der Waals surface area contributed by atoms with E-state index in [0.717, 1.165) is 42.9 Å². The highest BCUT2D eigenvalue weighted by molar-refractivity contribution is 5.92. The maximum atomic E-state index is 13.2. The van der Waals surface area contributed by atoms with Gasteiger partial charge in [0.1, 0.15) is 5.82 Å². The molecule has 30 heavy (non-hydrogen) atoms. The van der Waals surface area contributed by atoms with Crippen molar-refractivity contribution in [3.05, 3.63) is 59.4 Å². The molecule has 0 bridgehead atoms. The average Bonchev–Trinajstić information content (AvgIpc) is 3.37. The van der Waals surface area contributed by atoms with Gasteiger partial charge in [0.15, 0.2) is 5.69 Å². The Morgan fingerprint density at radius 3 is 2.67 bits per heavy atom. The van der Waals surface area contributed by atoms with E-state index in [4.69, 9.17) is 0 Å². The van der Waals surface area contributed by atoms with Crippen LogP contribution in [0, 0.1) is 12.7 Å². The lowest BCUT2D eigenvalue weighted by molar-refractivity contribution is 0.0934. The highest BCUT2D eigenvalue weighted by Crippen LogP contribution is 2.21. The molecule has 1 aliphatic rings. The lowest BCUT2D eigenvalue weighted by Gasteiger charge is -2.22. The molecule has 0 saturated carbocycles. The minimum absolute atomic E-state index is 0. The van der Waals surface area contributed by atoms with Crippen molar-refractivity contribution in [2.24, 2.45) is 0 Å². The molecule has 3 aromatic rings. The van der Waals surface area contributed by atoms with Gasteiger partial charge in [-0.25, -0.2) is 13.8 Å². The molecule has 160 valence electrons. The number of piperidine rings is 1. The van der Waals surface area contributed by atoms with Crippen molar-refractivity contribution in [3.63, 3.8) is 0 Å². The van der Waals surface area contributed by atoms with Crippen LogP contribution in [-0.4, -0.2) is 43.8 Å². The van der Waals surface area contributed by atoms with Gasteiger partial charge in [-0.2, -0.15) is 5.10 Å². The second kappa shape index (κ2) is 9.36. The summed E-state index contributed by atoms with van der Waals surface area (Å²) in [7, 11) is 0. The van der Waals surface area contributed by atoms with Crippen LogP contribution >= 0.6 is 12.4 Å². The third-order valence-corrected chi connectivity index (χ3v) is 5.36. The summed E-state index contributed by atoms with van der Waals surface area (Å²) in [5, 5.41) is 18.8. The number of halogens is 2. The van der Waals surface area contributed by atoms with E-state index >= 15 is 0 Å². The molecule has 1 amide bonds. The molecule has 1 aliphatic heterocycles. The van der Waals surface area contributed by atoms with Crippen LogP contribution in [-0.2, 0) is 0 Å². The molecule has 1 atom stereocenters. The molecule has 8 nitrogen and oxygen atoms in total. The van der Waals surface area contributed by atoms with Gasteiger partial charge in [-0.1, -0.05) is 5.21 Å². The number of carbonyl (C=O) groups excluding carboxylic acids is 1. The smallest absolute Gasteiger partial charge is 0.273 e. The fourth-order valence-corrected chi connectivity index (χ4v) is 3.67. The Labute approximate surface area is 180 Å². The summed E-state index contributed by atoms with van der Waals surface area (Å²) < 4.78 is 16.7. The Morgan fingerprint density at radius 1 is 1.27 bits per heavy atom. The third kappa shape index (κ3) is 4.52. The zero-order valence-corrected chi connectivity index (χ0v) is 17.7. The van der Waals surface area contributed by atoms with Crippen molar-refractivity contribution < 1.29 is 9.18 Å². The van der Waals surface area contributed by atoms with Crippen LogP contribution in [0.25, 0.3) is 5.69 Å². The first-order valence-electron chi connectivity index (χ1n) is 9.77. The van der Waals surface area contributed by atoms with E-state index < -0.39 is 0 Å². The summed E-state index contributed by atoms with van der Waals surface area (Å²) >= 11 is 0. The van der Waals surface area contributed by atoms with E-state index in [2.05, 4.69) is 26.0 Å². The molecule has 2 aromatic heterocycles. The monoisotopic (exact) mass is 433 g/mol. The summed E-state index contributed by atoms with van der Waals surface area (Å²) in [6.45, 7) is 5.71. The van der Waals surface area contributed by atoms with E-state index in [1.807, 2.05) is 13.8 Å². The van der Waals surface area contributed by atoms with E-state index in [9.17, 15) is 9.18 Å². The molecule has 1 unspecified atom stereocenters. The van der Waals surface area contributed by atoms with E-state index in [1.165, 1.54) is 12.1 Å². The number of aromatic nitrogens is 5. The molecule has 10 heteroatoms. The van der Waals surface area contributed by atoms with Crippen molar-refractivity contribution in [3.8, 4) is 5.69 Å². The predicted molar refractivity (Wildman–Crippen MR) is 113 cm³/mol. The molecule has 3 heterocycles. The summed E-state index contributed by atoms with van der Waals surface area (Å²) in [4.78, 5) is 12.6. The van der Waals surface area contributed by atoms with Crippen LogP contribution in [0.2, 0.25) is 0 Å². The SMILES string of the molecule is Cc1c(C(C)NC(=O)c2cn(C3CCNCC3)nn2)cnn1-c1ccc(F)cc1.Cl. The lowest BCUT2D eigenvalue weighted by atomic mass is 10.1. The summed E-state index contributed by atoms with van der Waals surface area (Å²) in [5.41, 5.74) is 2.83. The second-order valence-corrected chi connectivity index (χ2v) is 7.33. The predicted octanol–water partition coefficient (Wildman–Crippen LogP) is 2.75. The number of hydrogen-bond acceptors (Lipinski definition) is 5. The Bertz CT molecular complexity index is 995. The molecule has 1 aromatic carbocycles. The first-order chi connectivity index (χ1) is 14.0. The van der Waals surface area contributed by atoms with Crippen LogP contribution < -0.4 is 10.6 Å². The fourth-order valence-electron chi connectivity index (χ4n) is 3.67. The number of nitrogens with one attached hydrogen (secondary N) is 2. The first-order valence-corrected chi connectivity index (χ1v) is 9.77. The number of amides is 1. The Hall–Kier alpha value is -2.78. The maximum Gasteiger partial charge on any atom is 0.273 e. The quantitative estimate of drug-likeness (QED) is 0.645. The minimum Gasteiger partial charge on any atom is -0.344 e. The Morgan fingerprint density at radius 2 is 1.97 bits per heavy atom. The van der Waals surface area contributed by atoms with Gasteiger partial charge in [0.25, 0.3) is 5.91 Å². The van der Waals surface area contributed by atoms with Crippen LogP contribution in [0.1, 0.15) is 53.6 Å². The highest BCUT2D eigenvalue weighted by atomic mass is 35.5. The molecule has 1 fully saturated rings. The number of carbonyl (C=O) groups is 1. The maximum absolute atomic E-state index is 13.2. The van der Waals surface area contributed by atoms with E-state index in [1.54, 1.807) is 33.9 Å². The zero-order chi connectivity index (χ0) is 20.4. The summed E-state index contributed by atoms with van der Waals surface area (Å²) in [6.07, 6.45) is 5.38. The number of hydrogen-bond donors (Lipinski definition) is 2. The van der Waals surface area contributed by atoms with Gasteiger partial charge in [-0.3, -0.25) is 4.79 Å². The molecule has 2 N–H and O–H groups in total. The molecule has 0 radical (unpaired) electrons. The highest BCUT2D eigenvalue weighted by Gasteiger charge is 2.21. The van der Waals surface area contributed by atoms with Gasteiger partial charge in [0, 0.05) is 11.3 Å². The topological polar surface area (TPSA) is 89.7 Å². The lowest BCUT2D eigenvalue weighted by Crippen LogP contribution is -2.29. The number of rotatable bonds is 5. The summed E-state index contributed by atoms with van der Waals surface area (Å²) in [6, 6.07) is 6.14. The largest absolute Gasteiger partial charge is 0.344 e. The van der Waals surface area contributed by atoms with E-state index in [0.29, 0.717) is 5.69 Å². The first kappa shape index (κ1) is 21.9. The molecule has 4 rings (SSSR count). The van der Waals surface area contributed by atoms with Crippen molar-refractivity contribution in [1.82, 2.24) is 35.4 Å². The molecule has 0 aliphatic carbocycles. The molecular formula is C20H25ClFN7O. The third-order valence-electron chi connectivity index (χ3n) is 5.36. The van der Waals surface area contributed by atoms with Gasteiger partial charge in [0.2, 0.25) is 0 Å². The Kier molecular flexibility index (Phi) is 6.84. The van der Waals surface area contributed by atoms with Crippen LogP contribution in [0.3, 0.4) is 0 Å². The van der Waals surface area contributed by atoms with Crippen LogP contribution in [0.15, 0.2) is 36.7 Å². The fraction of sp³-hybridized carbons (Fsp3) is 0.400. The molecule has 1 saturated heterocycles. The Balaban J connectivity index is 0.00000256. The molecular weight excluding hydrogens is 409 g/mol. The second-order valence-electron chi connectivity index (χ2n) is 7.33. The number of nitrogens with zero attached hydrogens (tertiary/aromatic N) is 5. The van der Waals surface area contributed by atoms with Crippen molar-refractivity contribution in [2.75, 3.05) is 13.1 Å². The van der Waals surface area contributed by atoms with Crippen LogP contribution in [0.4, 0.5) is 4.39 Å². The summed E-state index contributed by atoms with van der Waals surface area (Å²) in [5.74, 6) is -0.566.